The number of hydrogen-bond donors (Lipinski definition) is 2. The van der Waals surface area contributed by atoms with Crippen molar-refractivity contribution in [1.82, 2.24) is 20.5 Å². The Balaban J connectivity index is 0.00000420. The van der Waals surface area contributed by atoms with E-state index in [-0.39, 0.29) is 30.0 Å². The number of likely N-dealkylation sites (N-methyl/N-ethyl adjacent to an activating group) is 1. The van der Waals surface area contributed by atoms with Crippen LogP contribution >= 0.6 is 35.3 Å². The molecule has 0 bridgehead atoms. The quantitative estimate of drug-likeness (QED) is 0.288. The number of guanidine groups is 1. The molecule has 1 heterocycles. The summed E-state index contributed by atoms with van der Waals surface area (Å²) < 4.78 is 5.27. The fourth-order valence-corrected chi connectivity index (χ4v) is 3.65. The Hall–Kier alpha value is -1.39. The number of benzene rings is 1. The molecule has 1 atom stereocenters. The number of nitrogens with one attached hydrogen (secondary N) is 2. The second kappa shape index (κ2) is 13.0. The average Bonchev–Trinajstić information content (AvgIpc) is 3.16. The summed E-state index contributed by atoms with van der Waals surface area (Å²) in [4.78, 5) is 11.6. The Morgan fingerprint density at radius 2 is 1.90 bits per heavy atom. The summed E-state index contributed by atoms with van der Waals surface area (Å²) in [7, 11) is 5.86. The molecule has 0 aliphatic carbocycles. The number of aliphatic imine (C=N–C) groups is 1. The van der Waals surface area contributed by atoms with Gasteiger partial charge < -0.3 is 20.3 Å². The largest absolute Gasteiger partial charge is 0.497 e. The van der Waals surface area contributed by atoms with Crippen molar-refractivity contribution in [2.45, 2.75) is 39.3 Å². The zero-order valence-corrected chi connectivity index (χ0v) is 21.4. The van der Waals surface area contributed by atoms with Gasteiger partial charge in [0, 0.05) is 18.5 Å². The van der Waals surface area contributed by atoms with Gasteiger partial charge in [0.25, 0.3) is 0 Å². The lowest BCUT2D eigenvalue weighted by Crippen LogP contribution is -2.41. The zero-order valence-electron chi connectivity index (χ0n) is 18.2. The van der Waals surface area contributed by atoms with Gasteiger partial charge in [-0.05, 0) is 44.6 Å². The normalized spacial score (nSPS) is 12.6. The van der Waals surface area contributed by atoms with Crippen molar-refractivity contribution >= 4 is 41.3 Å². The maximum atomic E-state index is 5.27. The van der Waals surface area contributed by atoms with Gasteiger partial charge in [-0.15, -0.1) is 35.3 Å². The van der Waals surface area contributed by atoms with Crippen LogP contribution in [-0.4, -0.2) is 50.1 Å². The second-order valence-corrected chi connectivity index (χ2v) is 8.09. The Bertz CT molecular complexity index is 746. The van der Waals surface area contributed by atoms with Crippen LogP contribution in [0.1, 0.15) is 49.0 Å². The average molecular weight is 532 g/mol. The highest BCUT2D eigenvalue weighted by Crippen LogP contribution is 2.21. The number of aromatic nitrogens is 1. The Labute approximate surface area is 196 Å². The van der Waals surface area contributed by atoms with Crippen LogP contribution in [0.3, 0.4) is 0 Å². The van der Waals surface area contributed by atoms with E-state index in [1.807, 2.05) is 12.1 Å². The number of nitrogens with zero attached hydrogens (tertiary/aromatic N) is 3. The molecule has 0 amide bonds. The van der Waals surface area contributed by atoms with Gasteiger partial charge in [0.15, 0.2) is 5.96 Å². The topological polar surface area (TPSA) is 61.8 Å². The first-order chi connectivity index (χ1) is 13.4. The summed E-state index contributed by atoms with van der Waals surface area (Å²) in [6, 6.07) is 8.44. The minimum atomic E-state index is 0. The maximum absolute atomic E-state index is 5.27. The number of thiazole rings is 1. The Morgan fingerprint density at radius 1 is 1.21 bits per heavy atom. The molecule has 0 spiro atoms. The van der Waals surface area contributed by atoms with E-state index in [1.54, 1.807) is 18.4 Å². The molecule has 2 N–H and O–H groups in total. The van der Waals surface area contributed by atoms with Gasteiger partial charge in [-0.1, -0.05) is 26.0 Å². The van der Waals surface area contributed by atoms with Crippen LogP contribution in [0, 0.1) is 0 Å². The van der Waals surface area contributed by atoms with Gasteiger partial charge in [0.2, 0.25) is 0 Å². The zero-order chi connectivity index (χ0) is 20.5. The molecule has 1 unspecified atom stereocenters. The first-order valence-corrected chi connectivity index (χ1v) is 10.6. The van der Waals surface area contributed by atoms with Crippen molar-refractivity contribution in [3.63, 3.8) is 0 Å². The number of halogens is 1. The van der Waals surface area contributed by atoms with E-state index < -0.39 is 0 Å². The first kappa shape index (κ1) is 25.6. The molecule has 0 saturated heterocycles. The third kappa shape index (κ3) is 8.10. The van der Waals surface area contributed by atoms with Crippen molar-refractivity contribution in [2.75, 3.05) is 34.3 Å². The van der Waals surface area contributed by atoms with E-state index in [2.05, 4.69) is 72.9 Å². The van der Waals surface area contributed by atoms with Crippen molar-refractivity contribution in [3.05, 3.63) is 45.9 Å². The van der Waals surface area contributed by atoms with Crippen LogP contribution in [0.2, 0.25) is 0 Å². The predicted octanol–water partition coefficient (Wildman–Crippen LogP) is 4.25. The monoisotopic (exact) mass is 531 g/mol. The summed E-state index contributed by atoms with van der Waals surface area (Å²) in [5.74, 6) is 2.13. The number of hydrogen-bond acceptors (Lipinski definition) is 5. The minimum Gasteiger partial charge on any atom is -0.497 e. The highest BCUT2D eigenvalue weighted by molar-refractivity contribution is 14.0. The second-order valence-electron chi connectivity index (χ2n) is 7.15. The van der Waals surface area contributed by atoms with Crippen LogP contribution in [0.4, 0.5) is 0 Å². The molecule has 0 aliphatic heterocycles. The molecule has 2 aromatic rings. The molecular formula is C21H34IN5OS. The smallest absolute Gasteiger partial charge is 0.191 e. The minimum absolute atomic E-state index is 0. The highest BCUT2D eigenvalue weighted by atomic mass is 127. The van der Waals surface area contributed by atoms with E-state index >= 15 is 0 Å². The lowest BCUT2D eigenvalue weighted by Gasteiger charge is -2.26. The van der Waals surface area contributed by atoms with E-state index in [1.165, 1.54) is 5.56 Å². The molecule has 6 nitrogen and oxygen atoms in total. The molecule has 0 saturated carbocycles. The summed E-state index contributed by atoms with van der Waals surface area (Å²) >= 11 is 1.67. The molecule has 162 valence electrons. The summed E-state index contributed by atoms with van der Waals surface area (Å²) in [6.07, 6.45) is 0. The molecule has 1 aromatic carbocycles. The van der Waals surface area contributed by atoms with E-state index in [4.69, 9.17) is 9.73 Å². The molecule has 0 fully saturated rings. The van der Waals surface area contributed by atoms with Crippen LogP contribution < -0.4 is 15.4 Å². The van der Waals surface area contributed by atoms with Crippen LogP contribution in [0.15, 0.2) is 34.6 Å². The molecule has 0 radical (unpaired) electrons. The summed E-state index contributed by atoms with van der Waals surface area (Å²) in [5.41, 5.74) is 2.37. The van der Waals surface area contributed by atoms with Gasteiger partial charge in [0.05, 0.1) is 25.4 Å². The van der Waals surface area contributed by atoms with E-state index in [0.717, 1.165) is 35.5 Å². The third-order valence-electron chi connectivity index (χ3n) is 4.46. The Morgan fingerprint density at radius 3 is 2.41 bits per heavy atom. The standard InChI is InChI=1S/C21H33N5OS.HI/c1-7-22-21(24-13-20-25-18(14-28-20)15(2)3)23-12-19(26(4)5)16-8-10-17(27-6)11-9-16;/h8-11,14-15,19H,7,12-13H2,1-6H3,(H2,22,23,24);1H. The lowest BCUT2D eigenvalue weighted by atomic mass is 10.1. The van der Waals surface area contributed by atoms with Crippen LogP contribution in [0.5, 0.6) is 5.75 Å². The summed E-state index contributed by atoms with van der Waals surface area (Å²) in [6.45, 7) is 8.55. The molecule has 8 heteroatoms. The van der Waals surface area contributed by atoms with E-state index in [0.29, 0.717) is 12.5 Å². The van der Waals surface area contributed by atoms with Crippen molar-refractivity contribution in [3.8, 4) is 5.75 Å². The third-order valence-corrected chi connectivity index (χ3v) is 5.32. The van der Waals surface area contributed by atoms with Gasteiger partial charge in [-0.25, -0.2) is 9.98 Å². The SMILES string of the molecule is CCNC(=NCc1nc(C(C)C)cs1)NCC(c1ccc(OC)cc1)N(C)C.I. The number of ether oxygens (including phenoxy) is 1. The van der Waals surface area contributed by atoms with Crippen LogP contribution in [0.25, 0.3) is 0 Å². The van der Waals surface area contributed by atoms with Gasteiger partial charge >= 0.3 is 0 Å². The molecule has 0 aliphatic rings. The van der Waals surface area contributed by atoms with E-state index in [9.17, 15) is 0 Å². The van der Waals surface area contributed by atoms with Crippen molar-refractivity contribution < 1.29 is 4.74 Å². The number of rotatable bonds is 9. The van der Waals surface area contributed by atoms with Gasteiger partial charge in [0.1, 0.15) is 10.8 Å². The Kier molecular flexibility index (Phi) is 11.5. The van der Waals surface area contributed by atoms with Crippen LogP contribution in [-0.2, 0) is 6.54 Å². The van der Waals surface area contributed by atoms with Gasteiger partial charge in [-0.2, -0.15) is 0 Å². The summed E-state index contributed by atoms with van der Waals surface area (Å²) in [5, 5.41) is 9.96. The number of methoxy groups -OCH3 is 1. The van der Waals surface area contributed by atoms with Crippen molar-refractivity contribution in [1.29, 1.82) is 0 Å². The molecule has 29 heavy (non-hydrogen) atoms. The van der Waals surface area contributed by atoms with Crippen molar-refractivity contribution in [2.24, 2.45) is 4.99 Å². The fourth-order valence-electron chi connectivity index (χ4n) is 2.77. The first-order valence-electron chi connectivity index (χ1n) is 9.71. The molecule has 2 rings (SSSR count). The van der Waals surface area contributed by atoms with Gasteiger partial charge in [-0.3, -0.25) is 0 Å². The lowest BCUT2D eigenvalue weighted by molar-refractivity contribution is 0.298. The predicted molar refractivity (Wildman–Crippen MR) is 134 cm³/mol. The highest BCUT2D eigenvalue weighted by Gasteiger charge is 2.15. The molecular weight excluding hydrogens is 497 g/mol. The maximum Gasteiger partial charge on any atom is 0.191 e. The molecule has 1 aromatic heterocycles. The fraction of sp³-hybridized carbons (Fsp3) is 0.524.